The highest BCUT2D eigenvalue weighted by Gasteiger charge is 2.45. The molecule has 2 heterocycles. The van der Waals surface area contributed by atoms with Crippen LogP contribution in [0.4, 0.5) is 0 Å². The number of amides is 4. The summed E-state index contributed by atoms with van der Waals surface area (Å²) >= 11 is 0. The summed E-state index contributed by atoms with van der Waals surface area (Å²) in [5.41, 5.74) is 7.74. The monoisotopic (exact) mass is 410 g/mol. The van der Waals surface area contributed by atoms with Gasteiger partial charge in [-0.05, 0) is 61.6 Å². The third-order valence-electron chi connectivity index (χ3n) is 7.18. The number of piperidine rings is 1. The van der Waals surface area contributed by atoms with Crippen molar-refractivity contribution in [1.82, 2.24) is 15.5 Å². The molecule has 2 bridgehead atoms. The first-order valence-electron chi connectivity index (χ1n) is 10.8. The second-order valence-corrected chi connectivity index (χ2v) is 9.06. The zero-order valence-corrected chi connectivity index (χ0v) is 16.7. The molecule has 1 aromatic carbocycles. The zero-order chi connectivity index (χ0) is 21.0. The van der Waals surface area contributed by atoms with Crippen molar-refractivity contribution < 1.29 is 19.2 Å². The summed E-state index contributed by atoms with van der Waals surface area (Å²) in [5, 5.41) is 5.87. The number of benzene rings is 1. The molecule has 1 aromatic rings. The van der Waals surface area contributed by atoms with Crippen LogP contribution in [-0.4, -0.2) is 46.7 Å². The molecule has 0 aromatic heterocycles. The Kier molecular flexibility index (Phi) is 4.71. The van der Waals surface area contributed by atoms with Crippen molar-refractivity contribution in [3.63, 3.8) is 0 Å². The maximum atomic E-state index is 12.9. The molecular formula is C22H26N4O4. The lowest BCUT2D eigenvalue weighted by Crippen LogP contribution is -2.54. The van der Waals surface area contributed by atoms with Crippen LogP contribution in [0.1, 0.15) is 64.8 Å². The number of imide groups is 2. The Bertz CT molecular complexity index is 931. The minimum absolute atomic E-state index is 0.117. The third kappa shape index (κ3) is 3.15. The lowest BCUT2D eigenvalue weighted by Gasteiger charge is -2.34. The fourth-order valence-electron chi connectivity index (χ4n) is 5.77. The van der Waals surface area contributed by atoms with Gasteiger partial charge in [0.2, 0.25) is 11.8 Å². The molecule has 8 heteroatoms. The molecule has 3 unspecified atom stereocenters. The van der Waals surface area contributed by atoms with Crippen molar-refractivity contribution in [2.75, 3.05) is 0 Å². The van der Waals surface area contributed by atoms with Gasteiger partial charge in [-0.1, -0.05) is 6.07 Å². The number of nitrogens with two attached hydrogens (primary N) is 1. The first-order chi connectivity index (χ1) is 14.4. The highest BCUT2D eigenvalue weighted by molar-refractivity contribution is 6.23. The number of nitrogens with one attached hydrogen (secondary N) is 2. The minimum Gasteiger partial charge on any atom is -0.328 e. The molecule has 2 aliphatic carbocycles. The van der Waals surface area contributed by atoms with E-state index in [-0.39, 0.29) is 18.7 Å². The predicted molar refractivity (Wildman–Crippen MR) is 107 cm³/mol. The van der Waals surface area contributed by atoms with E-state index in [9.17, 15) is 19.2 Å². The SMILES string of the molecule is NC1CC2CCC(C1)C2NCc1ccc2c(c1)C(=O)N(C1CCC(=O)NC1=O)C2=O. The summed E-state index contributed by atoms with van der Waals surface area (Å²) in [4.78, 5) is 50.3. The highest BCUT2D eigenvalue weighted by Crippen LogP contribution is 2.42. The number of carbonyl (C=O) groups excluding carboxylic acids is 4. The summed E-state index contributed by atoms with van der Waals surface area (Å²) < 4.78 is 0. The Balaban J connectivity index is 1.30. The third-order valence-corrected chi connectivity index (χ3v) is 7.18. The summed E-state index contributed by atoms with van der Waals surface area (Å²) in [6.45, 7) is 0.625. The Morgan fingerprint density at radius 2 is 1.70 bits per heavy atom. The summed E-state index contributed by atoms with van der Waals surface area (Å²) in [6, 6.07) is 5.12. The van der Waals surface area contributed by atoms with Gasteiger partial charge in [-0.2, -0.15) is 0 Å². The Morgan fingerprint density at radius 3 is 2.40 bits per heavy atom. The van der Waals surface area contributed by atoms with Crippen LogP contribution in [0.2, 0.25) is 0 Å². The summed E-state index contributed by atoms with van der Waals surface area (Å²) in [7, 11) is 0. The molecule has 3 fully saturated rings. The van der Waals surface area contributed by atoms with Crippen LogP contribution in [0.5, 0.6) is 0 Å². The molecule has 5 rings (SSSR count). The van der Waals surface area contributed by atoms with E-state index in [0.29, 0.717) is 41.6 Å². The molecule has 1 saturated heterocycles. The van der Waals surface area contributed by atoms with Gasteiger partial charge in [-0.25, -0.2) is 0 Å². The van der Waals surface area contributed by atoms with Crippen molar-refractivity contribution >= 4 is 23.6 Å². The molecule has 4 N–H and O–H groups in total. The van der Waals surface area contributed by atoms with Gasteiger partial charge in [0.05, 0.1) is 11.1 Å². The largest absolute Gasteiger partial charge is 0.328 e. The van der Waals surface area contributed by atoms with E-state index in [1.165, 1.54) is 12.8 Å². The van der Waals surface area contributed by atoms with Gasteiger partial charge in [0.1, 0.15) is 6.04 Å². The maximum Gasteiger partial charge on any atom is 0.262 e. The number of hydrogen-bond acceptors (Lipinski definition) is 6. The number of rotatable bonds is 4. The van der Waals surface area contributed by atoms with E-state index in [1.54, 1.807) is 12.1 Å². The zero-order valence-electron chi connectivity index (χ0n) is 16.7. The molecule has 0 radical (unpaired) electrons. The average Bonchev–Trinajstić information content (AvgIpc) is 3.10. The van der Waals surface area contributed by atoms with Crippen LogP contribution in [0, 0.1) is 11.8 Å². The minimum atomic E-state index is -0.932. The normalized spacial score (nSPS) is 33.1. The Hall–Kier alpha value is -2.58. The highest BCUT2D eigenvalue weighted by atomic mass is 16.2. The predicted octanol–water partition coefficient (Wildman–Crippen LogP) is 0.693. The summed E-state index contributed by atoms with van der Waals surface area (Å²) in [6.07, 6.45) is 4.84. The molecule has 0 spiro atoms. The molecule has 4 amide bonds. The number of fused-ring (bicyclic) bond motifs is 3. The lowest BCUT2D eigenvalue weighted by molar-refractivity contribution is -0.136. The van der Waals surface area contributed by atoms with E-state index in [2.05, 4.69) is 10.6 Å². The lowest BCUT2D eigenvalue weighted by atomic mass is 9.81. The Labute approximate surface area is 174 Å². The van der Waals surface area contributed by atoms with E-state index in [1.807, 2.05) is 6.07 Å². The Morgan fingerprint density at radius 1 is 1.00 bits per heavy atom. The maximum absolute atomic E-state index is 12.9. The van der Waals surface area contributed by atoms with Gasteiger partial charge in [0.15, 0.2) is 0 Å². The van der Waals surface area contributed by atoms with Crippen LogP contribution in [-0.2, 0) is 16.1 Å². The van der Waals surface area contributed by atoms with Gasteiger partial charge in [0, 0.05) is 25.0 Å². The molecule has 30 heavy (non-hydrogen) atoms. The van der Waals surface area contributed by atoms with Crippen LogP contribution < -0.4 is 16.4 Å². The van der Waals surface area contributed by atoms with E-state index in [0.717, 1.165) is 23.3 Å². The van der Waals surface area contributed by atoms with Crippen molar-refractivity contribution in [3.05, 3.63) is 34.9 Å². The standard InChI is InChI=1S/C22H26N4O4/c23-14-8-12-2-3-13(9-14)19(12)24-10-11-1-4-15-16(7-11)22(30)26(21(15)29)17-5-6-18(27)25-20(17)28/h1,4,7,12-14,17,19,24H,2-3,5-6,8-10,23H2,(H,25,27,28). The summed E-state index contributed by atoms with van der Waals surface area (Å²) in [5.74, 6) is -0.676. The molecule has 2 saturated carbocycles. The van der Waals surface area contributed by atoms with Gasteiger partial charge in [-0.15, -0.1) is 0 Å². The molecule has 3 atom stereocenters. The fraction of sp³-hybridized carbons (Fsp3) is 0.545. The van der Waals surface area contributed by atoms with E-state index < -0.39 is 23.8 Å². The molecule has 8 nitrogen and oxygen atoms in total. The number of nitrogens with zero attached hydrogens (tertiary/aromatic N) is 1. The second-order valence-electron chi connectivity index (χ2n) is 9.06. The molecule has 2 aliphatic heterocycles. The van der Waals surface area contributed by atoms with Gasteiger partial charge in [0.25, 0.3) is 11.8 Å². The van der Waals surface area contributed by atoms with Crippen molar-refractivity contribution in [2.45, 2.75) is 63.2 Å². The van der Waals surface area contributed by atoms with E-state index >= 15 is 0 Å². The smallest absolute Gasteiger partial charge is 0.262 e. The van der Waals surface area contributed by atoms with Crippen LogP contribution >= 0.6 is 0 Å². The average molecular weight is 410 g/mol. The number of hydrogen-bond donors (Lipinski definition) is 3. The molecular weight excluding hydrogens is 384 g/mol. The first kappa shape index (κ1) is 19.4. The first-order valence-corrected chi connectivity index (χ1v) is 10.8. The topological polar surface area (TPSA) is 122 Å². The van der Waals surface area contributed by atoms with Gasteiger partial charge in [-0.3, -0.25) is 29.4 Å². The van der Waals surface area contributed by atoms with Gasteiger partial charge >= 0.3 is 0 Å². The van der Waals surface area contributed by atoms with Crippen LogP contribution in [0.15, 0.2) is 18.2 Å². The van der Waals surface area contributed by atoms with Crippen LogP contribution in [0.3, 0.4) is 0 Å². The van der Waals surface area contributed by atoms with Gasteiger partial charge < -0.3 is 11.1 Å². The van der Waals surface area contributed by atoms with Crippen LogP contribution in [0.25, 0.3) is 0 Å². The quantitative estimate of drug-likeness (QED) is 0.628. The molecule has 4 aliphatic rings. The van der Waals surface area contributed by atoms with Crippen molar-refractivity contribution in [1.29, 1.82) is 0 Å². The fourth-order valence-corrected chi connectivity index (χ4v) is 5.77. The van der Waals surface area contributed by atoms with Crippen molar-refractivity contribution in [2.24, 2.45) is 17.6 Å². The van der Waals surface area contributed by atoms with Crippen molar-refractivity contribution in [3.8, 4) is 0 Å². The number of carbonyl (C=O) groups is 4. The van der Waals surface area contributed by atoms with E-state index in [4.69, 9.17) is 5.73 Å². The second kappa shape index (κ2) is 7.28. The molecule has 158 valence electrons.